The molecule has 0 radical (unpaired) electrons. The molecular formula is C21H22F3N3OS. The molecule has 2 aromatic rings. The number of alkyl halides is 3. The van der Waals surface area contributed by atoms with E-state index in [1.54, 1.807) is 24.3 Å². The van der Waals surface area contributed by atoms with Gasteiger partial charge in [0, 0.05) is 22.9 Å². The van der Waals surface area contributed by atoms with Crippen LogP contribution in [0.25, 0.3) is 0 Å². The van der Waals surface area contributed by atoms with E-state index in [0.29, 0.717) is 11.3 Å². The highest BCUT2D eigenvalue weighted by Crippen LogP contribution is 2.30. The topological polar surface area (TPSA) is 44.4 Å². The molecule has 1 heterocycles. The van der Waals surface area contributed by atoms with Gasteiger partial charge in [0.05, 0.1) is 5.56 Å². The highest BCUT2D eigenvalue weighted by atomic mass is 32.1. The summed E-state index contributed by atoms with van der Waals surface area (Å²) in [5.41, 5.74) is 0.687. The SMILES string of the molecule is CN1CCC(C(=O)c2cccc(NC(=S)Nc3cccc(C(F)(F)F)c3)c2)CC1. The predicted molar refractivity (Wildman–Crippen MR) is 112 cm³/mol. The van der Waals surface area contributed by atoms with Gasteiger partial charge in [0.25, 0.3) is 0 Å². The van der Waals surface area contributed by atoms with E-state index in [9.17, 15) is 18.0 Å². The Balaban J connectivity index is 1.64. The van der Waals surface area contributed by atoms with Crippen LogP contribution in [0.4, 0.5) is 24.5 Å². The zero-order chi connectivity index (χ0) is 21.0. The van der Waals surface area contributed by atoms with E-state index in [1.165, 1.54) is 12.1 Å². The maximum absolute atomic E-state index is 12.8. The summed E-state index contributed by atoms with van der Waals surface area (Å²) in [5, 5.41) is 5.83. The van der Waals surface area contributed by atoms with Crippen molar-refractivity contribution in [1.29, 1.82) is 0 Å². The lowest BCUT2D eigenvalue weighted by atomic mass is 9.89. The molecule has 0 amide bonds. The van der Waals surface area contributed by atoms with Crippen molar-refractivity contribution in [3.05, 3.63) is 59.7 Å². The molecule has 0 atom stereocenters. The van der Waals surface area contributed by atoms with Gasteiger partial charge in [-0.2, -0.15) is 13.2 Å². The number of Topliss-reactive ketones (excluding diaryl/α,β-unsaturated/α-hetero) is 1. The van der Waals surface area contributed by atoms with Crippen molar-refractivity contribution in [1.82, 2.24) is 4.90 Å². The molecule has 0 spiro atoms. The molecule has 0 unspecified atom stereocenters. The molecule has 2 aromatic carbocycles. The quantitative estimate of drug-likeness (QED) is 0.535. The first-order chi connectivity index (χ1) is 13.7. The summed E-state index contributed by atoms with van der Waals surface area (Å²) in [5.74, 6) is 0.121. The second-order valence-corrected chi connectivity index (χ2v) is 7.59. The molecule has 29 heavy (non-hydrogen) atoms. The van der Waals surface area contributed by atoms with Crippen molar-refractivity contribution in [3.8, 4) is 0 Å². The number of thiocarbonyl (C=S) groups is 1. The standard InChI is InChI=1S/C21H22F3N3OS/c1-27-10-8-14(9-11-27)19(28)15-4-2-6-17(12-15)25-20(29)26-18-7-3-5-16(13-18)21(22,23)24/h2-7,12-14H,8-11H2,1H3,(H2,25,26,29). The van der Waals surface area contributed by atoms with Gasteiger partial charge in [-0.1, -0.05) is 18.2 Å². The Morgan fingerprint density at radius 3 is 2.24 bits per heavy atom. The molecule has 0 saturated carbocycles. The third-order valence-electron chi connectivity index (χ3n) is 4.94. The average molecular weight is 421 g/mol. The van der Waals surface area contributed by atoms with Gasteiger partial charge in [-0.3, -0.25) is 4.79 Å². The third-order valence-corrected chi connectivity index (χ3v) is 5.15. The van der Waals surface area contributed by atoms with Gasteiger partial charge in [-0.25, -0.2) is 0 Å². The monoisotopic (exact) mass is 421 g/mol. The molecule has 4 nitrogen and oxygen atoms in total. The van der Waals surface area contributed by atoms with Crippen molar-refractivity contribution < 1.29 is 18.0 Å². The number of halogens is 3. The number of likely N-dealkylation sites (tertiary alicyclic amines) is 1. The van der Waals surface area contributed by atoms with Gasteiger partial charge >= 0.3 is 6.18 Å². The minimum absolute atomic E-state index is 0.0108. The summed E-state index contributed by atoms with van der Waals surface area (Å²) in [4.78, 5) is 15.0. The average Bonchev–Trinajstić information content (AvgIpc) is 2.67. The molecule has 1 fully saturated rings. The zero-order valence-corrected chi connectivity index (χ0v) is 16.7. The minimum Gasteiger partial charge on any atom is -0.332 e. The number of piperidine rings is 1. The lowest BCUT2D eigenvalue weighted by molar-refractivity contribution is -0.137. The molecule has 0 aromatic heterocycles. The summed E-state index contributed by atoms with van der Waals surface area (Å²) < 4.78 is 38.5. The molecule has 1 saturated heterocycles. The van der Waals surface area contributed by atoms with E-state index in [2.05, 4.69) is 15.5 Å². The second kappa shape index (κ2) is 8.92. The summed E-state index contributed by atoms with van der Waals surface area (Å²) in [6.45, 7) is 1.80. The molecular weight excluding hydrogens is 399 g/mol. The van der Waals surface area contributed by atoms with Gasteiger partial charge in [-0.15, -0.1) is 0 Å². The van der Waals surface area contributed by atoms with Gasteiger partial charge in [-0.05, 0) is 75.5 Å². The first kappa shape index (κ1) is 21.3. The van der Waals surface area contributed by atoms with Crippen molar-refractivity contribution in [2.45, 2.75) is 19.0 Å². The Morgan fingerprint density at radius 1 is 1.03 bits per heavy atom. The van der Waals surface area contributed by atoms with Crippen LogP contribution in [0.2, 0.25) is 0 Å². The van der Waals surface area contributed by atoms with Crippen LogP contribution in [0.15, 0.2) is 48.5 Å². The molecule has 8 heteroatoms. The van der Waals surface area contributed by atoms with Crippen molar-refractivity contribution in [2.75, 3.05) is 30.8 Å². The molecule has 2 N–H and O–H groups in total. The summed E-state index contributed by atoms with van der Waals surface area (Å²) in [6, 6.07) is 11.8. The Morgan fingerprint density at radius 2 is 1.62 bits per heavy atom. The summed E-state index contributed by atoms with van der Waals surface area (Å²) in [6.07, 6.45) is -2.75. The van der Waals surface area contributed by atoms with E-state index in [1.807, 2.05) is 7.05 Å². The number of carbonyl (C=O) groups is 1. The fourth-order valence-corrected chi connectivity index (χ4v) is 3.56. The highest BCUT2D eigenvalue weighted by Gasteiger charge is 2.30. The van der Waals surface area contributed by atoms with Crippen LogP contribution < -0.4 is 10.6 Å². The van der Waals surface area contributed by atoms with Crippen LogP contribution in [0.5, 0.6) is 0 Å². The minimum atomic E-state index is -4.42. The fraction of sp³-hybridized carbons (Fsp3) is 0.333. The number of anilines is 2. The zero-order valence-electron chi connectivity index (χ0n) is 15.9. The van der Waals surface area contributed by atoms with Gasteiger partial charge in [0.1, 0.15) is 0 Å². The van der Waals surface area contributed by atoms with E-state index < -0.39 is 11.7 Å². The third kappa shape index (κ3) is 5.77. The Hall–Kier alpha value is -2.45. The van der Waals surface area contributed by atoms with E-state index in [4.69, 9.17) is 12.2 Å². The number of ketones is 1. The molecule has 0 bridgehead atoms. The molecule has 1 aliphatic rings. The smallest absolute Gasteiger partial charge is 0.332 e. The molecule has 1 aliphatic heterocycles. The molecule has 0 aliphatic carbocycles. The summed E-state index contributed by atoms with van der Waals surface area (Å²) >= 11 is 5.21. The highest BCUT2D eigenvalue weighted by molar-refractivity contribution is 7.80. The fourth-order valence-electron chi connectivity index (χ4n) is 3.32. The van der Waals surface area contributed by atoms with Crippen LogP contribution in [-0.4, -0.2) is 35.9 Å². The number of benzene rings is 2. The van der Waals surface area contributed by atoms with Crippen molar-refractivity contribution in [2.24, 2.45) is 5.92 Å². The number of nitrogens with one attached hydrogen (secondary N) is 2. The predicted octanol–water partition coefficient (Wildman–Crippen LogP) is 5.04. The van der Waals surface area contributed by atoms with Crippen LogP contribution in [0.1, 0.15) is 28.8 Å². The number of carbonyl (C=O) groups excluding carboxylic acids is 1. The van der Waals surface area contributed by atoms with Crippen molar-refractivity contribution >= 4 is 34.5 Å². The first-order valence-electron chi connectivity index (χ1n) is 9.30. The van der Waals surface area contributed by atoms with E-state index in [-0.39, 0.29) is 22.5 Å². The number of rotatable bonds is 4. The van der Waals surface area contributed by atoms with Gasteiger partial charge in [0.2, 0.25) is 0 Å². The Labute approximate surface area is 173 Å². The number of hydrogen-bond acceptors (Lipinski definition) is 3. The van der Waals surface area contributed by atoms with Crippen LogP contribution in [0, 0.1) is 5.92 Å². The van der Waals surface area contributed by atoms with Crippen LogP contribution in [0.3, 0.4) is 0 Å². The number of nitrogens with zero attached hydrogens (tertiary/aromatic N) is 1. The van der Waals surface area contributed by atoms with E-state index in [0.717, 1.165) is 38.1 Å². The van der Waals surface area contributed by atoms with Crippen LogP contribution in [-0.2, 0) is 6.18 Å². The molecule has 3 rings (SSSR count). The van der Waals surface area contributed by atoms with Crippen molar-refractivity contribution in [3.63, 3.8) is 0 Å². The lowest BCUT2D eigenvalue weighted by Gasteiger charge is -2.28. The maximum atomic E-state index is 12.8. The Kier molecular flexibility index (Phi) is 6.54. The summed E-state index contributed by atoms with van der Waals surface area (Å²) in [7, 11) is 2.05. The van der Waals surface area contributed by atoms with E-state index >= 15 is 0 Å². The normalized spacial score (nSPS) is 15.7. The largest absolute Gasteiger partial charge is 0.416 e. The maximum Gasteiger partial charge on any atom is 0.416 e. The van der Waals surface area contributed by atoms with Gasteiger partial charge in [0.15, 0.2) is 10.9 Å². The lowest BCUT2D eigenvalue weighted by Crippen LogP contribution is -2.33. The molecule has 154 valence electrons. The Bertz CT molecular complexity index is 893. The first-order valence-corrected chi connectivity index (χ1v) is 9.71. The van der Waals surface area contributed by atoms with Crippen LogP contribution >= 0.6 is 12.2 Å². The number of hydrogen-bond donors (Lipinski definition) is 2. The van der Waals surface area contributed by atoms with Gasteiger partial charge < -0.3 is 15.5 Å². The second-order valence-electron chi connectivity index (χ2n) is 7.18.